The molecule has 0 saturated carbocycles. The molecule has 2 unspecified atom stereocenters. The topological polar surface area (TPSA) is 49.4 Å². The summed E-state index contributed by atoms with van der Waals surface area (Å²) in [7, 11) is 0. The second-order valence-corrected chi connectivity index (χ2v) is 5.99. The van der Waals surface area contributed by atoms with Gasteiger partial charge in [0.2, 0.25) is 11.8 Å². The van der Waals surface area contributed by atoms with Crippen molar-refractivity contribution < 1.29 is 9.59 Å². The van der Waals surface area contributed by atoms with E-state index in [1.54, 1.807) is 0 Å². The highest BCUT2D eigenvalue weighted by Crippen LogP contribution is 2.24. The lowest BCUT2D eigenvalue weighted by Gasteiger charge is -2.20. The second-order valence-electron chi connectivity index (χ2n) is 5.99. The summed E-state index contributed by atoms with van der Waals surface area (Å²) >= 11 is 0. The van der Waals surface area contributed by atoms with E-state index in [9.17, 15) is 9.59 Å². The van der Waals surface area contributed by atoms with Gasteiger partial charge in [-0.1, -0.05) is 31.2 Å². The van der Waals surface area contributed by atoms with Crippen molar-refractivity contribution in [2.45, 2.75) is 45.6 Å². The third-order valence-electron chi connectivity index (χ3n) is 4.15. The zero-order chi connectivity index (χ0) is 15.4. The average molecular weight is 288 g/mol. The summed E-state index contributed by atoms with van der Waals surface area (Å²) in [6, 6.07) is 8.33. The van der Waals surface area contributed by atoms with Crippen LogP contribution in [0, 0.1) is 6.92 Å². The van der Waals surface area contributed by atoms with Crippen molar-refractivity contribution in [3.63, 3.8) is 0 Å². The minimum atomic E-state index is -0.0254. The first-order chi connectivity index (χ1) is 9.97. The summed E-state index contributed by atoms with van der Waals surface area (Å²) in [5.41, 5.74) is 2.47. The average Bonchev–Trinajstić information content (AvgIpc) is 2.86. The van der Waals surface area contributed by atoms with E-state index in [4.69, 9.17) is 0 Å². The quantitative estimate of drug-likeness (QED) is 0.923. The molecule has 1 saturated heterocycles. The van der Waals surface area contributed by atoms with Gasteiger partial charge < -0.3 is 10.2 Å². The molecule has 1 heterocycles. The van der Waals surface area contributed by atoms with Crippen LogP contribution in [0.2, 0.25) is 0 Å². The highest BCUT2D eigenvalue weighted by Gasteiger charge is 2.27. The van der Waals surface area contributed by atoms with E-state index in [2.05, 4.69) is 31.3 Å². The molecule has 1 aliphatic heterocycles. The molecule has 2 amide bonds. The van der Waals surface area contributed by atoms with Gasteiger partial charge in [-0.05, 0) is 30.4 Å². The Bertz CT molecular complexity index is 527. The molecule has 1 aromatic carbocycles. The number of rotatable bonds is 4. The molecule has 4 heteroatoms. The molecule has 1 aliphatic rings. The Morgan fingerprint density at radius 1 is 1.38 bits per heavy atom. The number of nitrogens with one attached hydrogen (secondary N) is 1. The Hall–Kier alpha value is -1.84. The Balaban J connectivity index is 1.90. The number of carbonyl (C=O) groups is 2. The highest BCUT2D eigenvalue weighted by atomic mass is 16.2. The van der Waals surface area contributed by atoms with E-state index < -0.39 is 0 Å². The fourth-order valence-corrected chi connectivity index (χ4v) is 3.03. The maximum absolute atomic E-state index is 12.4. The van der Waals surface area contributed by atoms with Crippen LogP contribution in [0.15, 0.2) is 24.3 Å². The van der Waals surface area contributed by atoms with Crippen LogP contribution in [0.4, 0.5) is 0 Å². The molecule has 2 rings (SSSR count). The van der Waals surface area contributed by atoms with E-state index in [0.29, 0.717) is 13.0 Å². The van der Waals surface area contributed by atoms with Gasteiger partial charge in [0.25, 0.3) is 0 Å². The molecule has 1 fully saturated rings. The second kappa shape index (κ2) is 6.74. The Kier molecular flexibility index (Phi) is 4.99. The lowest BCUT2D eigenvalue weighted by atomic mass is 9.93. The zero-order valence-corrected chi connectivity index (χ0v) is 13.1. The SMILES string of the molecule is CC(=O)NC1CCN(C(=O)CC(C)c2ccccc2C)C1. The number of hydrogen-bond donors (Lipinski definition) is 1. The fraction of sp³-hybridized carbons (Fsp3) is 0.529. The predicted octanol–water partition coefficient (Wildman–Crippen LogP) is 2.23. The lowest BCUT2D eigenvalue weighted by Crippen LogP contribution is -2.37. The molecule has 1 N–H and O–H groups in total. The number of likely N-dealkylation sites (tertiary alicyclic amines) is 1. The number of aryl methyl sites for hydroxylation is 1. The van der Waals surface area contributed by atoms with Gasteiger partial charge >= 0.3 is 0 Å². The van der Waals surface area contributed by atoms with Gasteiger partial charge in [0, 0.05) is 32.5 Å². The number of carbonyl (C=O) groups excluding carboxylic acids is 2. The van der Waals surface area contributed by atoms with Gasteiger partial charge in [0.1, 0.15) is 0 Å². The maximum atomic E-state index is 12.4. The Morgan fingerprint density at radius 2 is 2.10 bits per heavy atom. The largest absolute Gasteiger partial charge is 0.352 e. The van der Waals surface area contributed by atoms with Crippen molar-refractivity contribution in [2.24, 2.45) is 0 Å². The van der Waals surface area contributed by atoms with Crippen LogP contribution in [0.5, 0.6) is 0 Å². The van der Waals surface area contributed by atoms with E-state index >= 15 is 0 Å². The maximum Gasteiger partial charge on any atom is 0.223 e. The molecule has 0 aromatic heterocycles. The predicted molar refractivity (Wildman–Crippen MR) is 83.0 cm³/mol. The lowest BCUT2D eigenvalue weighted by molar-refractivity contribution is -0.130. The molecule has 0 bridgehead atoms. The van der Waals surface area contributed by atoms with Gasteiger partial charge in [-0.2, -0.15) is 0 Å². The number of hydrogen-bond acceptors (Lipinski definition) is 2. The first-order valence-electron chi connectivity index (χ1n) is 7.57. The summed E-state index contributed by atoms with van der Waals surface area (Å²) < 4.78 is 0. The minimum Gasteiger partial charge on any atom is -0.352 e. The van der Waals surface area contributed by atoms with Gasteiger partial charge in [0.05, 0.1) is 0 Å². The van der Waals surface area contributed by atoms with Gasteiger partial charge in [-0.3, -0.25) is 9.59 Å². The van der Waals surface area contributed by atoms with Crippen LogP contribution in [0.1, 0.15) is 43.7 Å². The first kappa shape index (κ1) is 15.5. The number of benzene rings is 1. The minimum absolute atomic E-state index is 0.0254. The summed E-state index contributed by atoms with van der Waals surface area (Å²) in [5, 5.41) is 2.89. The third-order valence-corrected chi connectivity index (χ3v) is 4.15. The number of amides is 2. The van der Waals surface area contributed by atoms with Crippen molar-refractivity contribution in [3.8, 4) is 0 Å². The van der Waals surface area contributed by atoms with Crippen LogP contribution < -0.4 is 5.32 Å². The van der Waals surface area contributed by atoms with Crippen LogP contribution in [0.25, 0.3) is 0 Å². The highest BCUT2D eigenvalue weighted by molar-refractivity contribution is 5.78. The van der Waals surface area contributed by atoms with Crippen molar-refractivity contribution in [1.82, 2.24) is 10.2 Å². The van der Waals surface area contributed by atoms with Crippen molar-refractivity contribution in [3.05, 3.63) is 35.4 Å². The first-order valence-corrected chi connectivity index (χ1v) is 7.57. The van der Waals surface area contributed by atoms with E-state index in [1.807, 2.05) is 17.0 Å². The van der Waals surface area contributed by atoms with Crippen LogP contribution >= 0.6 is 0 Å². The van der Waals surface area contributed by atoms with Gasteiger partial charge in [-0.15, -0.1) is 0 Å². The van der Waals surface area contributed by atoms with Gasteiger partial charge in [-0.25, -0.2) is 0 Å². The van der Waals surface area contributed by atoms with Crippen molar-refractivity contribution in [2.75, 3.05) is 13.1 Å². The molecular formula is C17H24N2O2. The molecule has 0 spiro atoms. The summed E-state index contributed by atoms with van der Waals surface area (Å²) in [6.07, 6.45) is 1.38. The molecule has 0 aliphatic carbocycles. The fourth-order valence-electron chi connectivity index (χ4n) is 3.03. The van der Waals surface area contributed by atoms with Gasteiger partial charge in [0.15, 0.2) is 0 Å². The standard InChI is InChI=1S/C17H24N2O2/c1-12-6-4-5-7-16(12)13(2)10-17(21)19-9-8-15(11-19)18-14(3)20/h4-7,13,15H,8-11H2,1-3H3,(H,18,20). The van der Waals surface area contributed by atoms with Crippen LogP contribution in [-0.4, -0.2) is 35.8 Å². The summed E-state index contributed by atoms with van der Waals surface area (Å²) in [6.45, 7) is 7.08. The smallest absolute Gasteiger partial charge is 0.223 e. The molecular weight excluding hydrogens is 264 g/mol. The van der Waals surface area contributed by atoms with Crippen molar-refractivity contribution in [1.29, 1.82) is 0 Å². The Morgan fingerprint density at radius 3 is 2.76 bits per heavy atom. The monoisotopic (exact) mass is 288 g/mol. The zero-order valence-electron chi connectivity index (χ0n) is 13.1. The molecule has 2 atom stereocenters. The molecule has 114 valence electrons. The molecule has 21 heavy (non-hydrogen) atoms. The normalized spacial score (nSPS) is 19.4. The molecule has 0 radical (unpaired) electrons. The van der Waals surface area contributed by atoms with E-state index in [1.165, 1.54) is 18.1 Å². The van der Waals surface area contributed by atoms with Crippen LogP contribution in [-0.2, 0) is 9.59 Å². The summed E-state index contributed by atoms with van der Waals surface area (Å²) in [5.74, 6) is 0.375. The van der Waals surface area contributed by atoms with Crippen LogP contribution in [0.3, 0.4) is 0 Å². The molecule has 1 aromatic rings. The third kappa shape index (κ3) is 4.06. The number of nitrogens with zero attached hydrogens (tertiary/aromatic N) is 1. The Labute approximate surface area is 126 Å². The van der Waals surface area contributed by atoms with E-state index in [0.717, 1.165) is 13.0 Å². The van der Waals surface area contributed by atoms with Crippen molar-refractivity contribution >= 4 is 11.8 Å². The van der Waals surface area contributed by atoms with E-state index in [-0.39, 0.29) is 23.8 Å². The summed E-state index contributed by atoms with van der Waals surface area (Å²) in [4.78, 5) is 25.3. The molecule has 4 nitrogen and oxygen atoms in total.